The number of anilines is 1. The number of amides is 2. The van der Waals surface area contributed by atoms with E-state index in [-0.39, 0.29) is 5.91 Å². The molecule has 0 unspecified atom stereocenters. The zero-order chi connectivity index (χ0) is 17.8. The second-order valence-electron chi connectivity index (χ2n) is 5.87. The number of aryl methyl sites for hydroxylation is 1. The number of hydrogen-bond donors (Lipinski definition) is 3. The third-order valence-electron chi connectivity index (χ3n) is 4.11. The first kappa shape index (κ1) is 17.2. The van der Waals surface area contributed by atoms with Gasteiger partial charge in [-0.05, 0) is 55.5 Å². The summed E-state index contributed by atoms with van der Waals surface area (Å²) in [6.45, 7) is -0.430. The number of hydrogen-bond acceptors (Lipinski definition) is 4. The Morgan fingerprint density at radius 3 is 2.48 bits per heavy atom. The first-order chi connectivity index (χ1) is 12.0. The fourth-order valence-electron chi connectivity index (χ4n) is 2.85. The molecule has 0 bridgehead atoms. The largest absolute Gasteiger partial charge is 0.480 e. The molecule has 1 aliphatic carbocycles. The molecule has 0 radical (unpaired) electrons. The quantitative estimate of drug-likeness (QED) is 0.766. The number of aliphatic carboxylic acids is 1. The minimum Gasteiger partial charge on any atom is -0.480 e. The normalized spacial score (nSPS) is 13.0. The monoisotopic (exact) mass is 358 g/mol. The summed E-state index contributed by atoms with van der Waals surface area (Å²) in [5.41, 5.74) is 2.84. The van der Waals surface area contributed by atoms with E-state index in [0.29, 0.717) is 11.3 Å². The number of carboxylic acid groups (broad SMARTS) is 1. The predicted octanol–water partition coefficient (Wildman–Crippen LogP) is 2.69. The Morgan fingerprint density at radius 2 is 1.76 bits per heavy atom. The summed E-state index contributed by atoms with van der Waals surface area (Å²) in [6, 6.07) is 6.37. The lowest BCUT2D eigenvalue weighted by Gasteiger charge is -2.13. The molecule has 1 aromatic heterocycles. The van der Waals surface area contributed by atoms with Crippen molar-refractivity contribution < 1.29 is 19.5 Å². The van der Waals surface area contributed by atoms with Crippen molar-refractivity contribution in [3.63, 3.8) is 0 Å². The minimum absolute atomic E-state index is 0.137. The van der Waals surface area contributed by atoms with Crippen LogP contribution in [0.4, 0.5) is 5.69 Å². The molecule has 2 amide bonds. The van der Waals surface area contributed by atoms with Crippen LogP contribution in [-0.2, 0) is 17.6 Å². The van der Waals surface area contributed by atoms with Gasteiger partial charge in [-0.25, -0.2) is 0 Å². The smallest absolute Gasteiger partial charge is 0.322 e. The molecule has 1 aliphatic rings. The Labute approximate surface area is 148 Å². The van der Waals surface area contributed by atoms with Crippen LogP contribution in [0.25, 0.3) is 0 Å². The van der Waals surface area contributed by atoms with E-state index in [1.54, 1.807) is 35.6 Å². The lowest BCUT2D eigenvalue weighted by molar-refractivity contribution is -0.135. The molecule has 0 aliphatic heterocycles. The lowest BCUT2D eigenvalue weighted by Crippen LogP contribution is -2.29. The Kier molecular flexibility index (Phi) is 5.14. The molecule has 6 nitrogen and oxygen atoms in total. The van der Waals surface area contributed by atoms with Gasteiger partial charge in [-0.3, -0.25) is 14.4 Å². The number of carbonyl (C=O) groups excluding carboxylic acids is 2. The number of nitrogens with one attached hydrogen (secondary N) is 2. The van der Waals surface area contributed by atoms with Gasteiger partial charge in [0.25, 0.3) is 11.8 Å². The lowest BCUT2D eigenvalue weighted by atomic mass is 9.95. The maximum atomic E-state index is 12.5. The summed E-state index contributed by atoms with van der Waals surface area (Å²) in [5.74, 6) is -1.70. The van der Waals surface area contributed by atoms with Crippen LogP contribution in [0, 0.1) is 0 Å². The van der Waals surface area contributed by atoms with Gasteiger partial charge in [0.05, 0.1) is 5.56 Å². The Hall–Kier alpha value is -2.67. The fourth-order valence-corrected chi connectivity index (χ4v) is 3.97. The average Bonchev–Trinajstić information content (AvgIpc) is 3.04. The van der Waals surface area contributed by atoms with Crippen molar-refractivity contribution in [1.82, 2.24) is 5.32 Å². The van der Waals surface area contributed by atoms with Crippen LogP contribution in [0.15, 0.2) is 29.6 Å². The van der Waals surface area contributed by atoms with Crippen LogP contribution in [0.3, 0.4) is 0 Å². The molecule has 0 saturated carbocycles. The molecule has 0 saturated heterocycles. The summed E-state index contributed by atoms with van der Waals surface area (Å²) in [5, 5.41) is 15.6. The SMILES string of the molecule is O=C(O)CNC(=O)c1ccc(NC(=O)c2csc3c2CCCC3)cc1. The summed E-state index contributed by atoms with van der Waals surface area (Å²) >= 11 is 1.64. The van der Waals surface area contributed by atoms with Gasteiger partial charge in [0.15, 0.2) is 0 Å². The van der Waals surface area contributed by atoms with Crippen LogP contribution in [0.2, 0.25) is 0 Å². The van der Waals surface area contributed by atoms with E-state index in [9.17, 15) is 14.4 Å². The highest BCUT2D eigenvalue weighted by atomic mass is 32.1. The first-order valence-corrected chi connectivity index (χ1v) is 8.93. The van der Waals surface area contributed by atoms with Crippen molar-refractivity contribution in [3.05, 3.63) is 51.2 Å². The molecule has 3 rings (SSSR count). The number of carboxylic acids is 1. The van der Waals surface area contributed by atoms with Crippen molar-refractivity contribution in [3.8, 4) is 0 Å². The molecule has 25 heavy (non-hydrogen) atoms. The number of thiophene rings is 1. The number of carbonyl (C=O) groups is 3. The molecule has 130 valence electrons. The van der Waals surface area contributed by atoms with Crippen LogP contribution in [0.1, 0.15) is 44.0 Å². The first-order valence-electron chi connectivity index (χ1n) is 8.05. The second kappa shape index (κ2) is 7.48. The highest BCUT2D eigenvalue weighted by Crippen LogP contribution is 2.30. The molecule has 3 N–H and O–H groups in total. The molecule has 2 aromatic rings. The van der Waals surface area contributed by atoms with E-state index in [1.165, 1.54) is 16.9 Å². The Bertz CT molecular complexity index is 811. The number of rotatable bonds is 5. The van der Waals surface area contributed by atoms with Crippen LogP contribution < -0.4 is 10.6 Å². The van der Waals surface area contributed by atoms with Gasteiger partial charge in [-0.1, -0.05) is 0 Å². The van der Waals surface area contributed by atoms with Crippen molar-refractivity contribution in [1.29, 1.82) is 0 Å². The molecule has 0 atom stereocenters. The molecular formula is C18H18N2O4S. The minimum atomic E-state index is -1.10. The summed E-state index contributed by atoms with van der Waals surface area (Å²) < 4.78 is 0. The van der Waals surface area contributed by atoms with E-state index in [0.717, 1.165) is 24.8 Å². The molecule has 0 fully saturated rings. The Morgan fingerprint density at radius 1 is 1.04 bits per heavy atom. The highest BCUT2D eigenvalue weighted by Gasteiger charge is 2.20. The van der Waals surface area contributed by atoms with Crippen molar-refractivity contribution >= 4 is 34.8 Å². The maximum absolute atomic E-state index is 12.5. The van der Waals surface area contributed by atoms with E-state index < -0.39 is 18.4 Å². The van der Waals surface area contributed by atoms with E-state index >= 15 is 0 Å². The molecule has 1 aromatic carbocycles. The van der Waals surface area contributed by atoms with Crippen LogP contribution in [-0.4, -0.2) is 29.4 Å². The second-order valence-corrected chi connectivity index (χ2v) is 6.83. The number of fused-ring (bicyclic) bond motifs is 1. The van der Waals surface area contributed by atoms with E-state index in [4.69, 9.17) is 5.11 Å². The summed E-state index contributed by atoms with van der Waals surface area (Å²) in [6.07, 6.45) is 4.29. The van der Waals surface area contributed by atoms with Crippen molar-refractivity contribution in [2.45, 2.75) is 25.7 Å². The van der Waals surface area contributed by atoms with Crippen molar-refractivity contribution in [2.24, 2.45) is 0 Å². The van der Waals surface area contributed by atoms with Crippen LogP contribution >= 0.6 is 11.3 Å². The predicted molar refractivity (Wildman–Crippen MR) is 95.3 cm³/mol. The Balaban J connectivity index is 1.65. The summed E-state index contributed by atoms with van der Waals surface area (Å²) in [4.78, 5) is 36.0. The van der Waals surface area contributed by atoms with Gasteiger partial charge in [-0.2, -0.15) is 0 Å². The van der Waals surface area contributed by atoms with E-state index in [2.05, 4.69) is 10.6 Å². The molecular weight excluding hydrogens is 340 g/mol. The highest BCUT2D eigenvalue weighted by molar-refractivity contribution is 7.10. The zero-order valence-corrected chi connectivity index (χ0v) is 14.3. The topological polar surface area (TPSA) is 95.5 Å². The summed E-state index contributed by atoms with van der Waals surface area (Å²) in [7, 11) is 0. The maximum Gasteiger partial charge on any atom is 0.322 e. The standard InChI is InChI=1S/C18H18N2O4S/c21-16(22)9-19-17(23)11-5-7-12(8-6-11)20-18(24)14-10-25-15-4-2-1-3-13(14)15/h5-8,10H,1-4,9H2,(H,19,23)(H,20,24)(H,21,22). The van der Waals surface area contributed by atoms with Gasteiger partial charge in [0, 0.05) is 21.5 Å². The number of benzene rings is 1. The van der Waals surface area contributed by atoms with Gasteiger partial charge in [0.2, 0.25) is 0 Å². The van der Waals surface area contributed by atoms with Crippen LogP contribution in [0.5, 0.6) is 0 Å². The zero-order valence-electron chi connectivity index (χ0n) is 13.5. The van der Waals surface area contributed by atoms with E-state index in [1.807, 2.05) is 5.38 Å². The van der Waals surface area contributed by atoms with Gasteiger partial charge < -0.3 is 15.7 Å². The third kappa shape index (κ3) is 4.06. The molecule has 7 heteroatoms. The van der Waals surface area contributed by atoms with Gasteiger partial charge >= 0.3 is 5.97 Å². The molecule has 1 heterocycles. The molecule has 0 spiro atoms. The third-order valence-corrected chi connectivity index (χ3v) is 5.20. The average molecular weight is 358 g/mol. The fraction of sp³-hybridized carbons (Fsp3) is 0.278. The van der Waals surface area contributed by atoms with Gasteiger partial charge in [-0.15, -0.1) is 11.3 Å². The van der Waals surface area contributed by atoms with Gasteiger partial charge in [0.1, 0.15) is 6.54 Å². The van der Waals surface area contributed by atoms with Crippen molar-refractivity contribution in [2.75, 3.05) is 11.9 Å².